The highest BCUT2D eigenvalue weighted by Gasteiger charge is 2.12. The third kappa shape index (κ3) is 4.49. The number of hydrogen-bond acceptors (Lipinski definition) is 5. The summed E-state index contributed by atoms with van der Waals surface area (Å²) < 4.78 is 1.81. The van der Waals surface area contributed by atoms with Crippen molar-refractivity contribution in [3.63, 3.8) is 0 Å². The molecule has 0 atom stereocenters. The standard InChI is InChI=1S/C25H24N6O/c1-2-3-6-21-14-13-20(15-16-26)25(32)31(21)17-18-9-11-19(12-10-18)22-7-4-5-8-23(22)24-27-29-30-28-24/h4-5,7-14H,2-3,6,15,17H2,1H3,(H,27,28,29,30). The molecule has 0 spiro atoms. The van der Waals surface area contributed by atoms with Crippen LogP contribution < -0.4 is 5.56 Å². The van der Waals surface area contributed by atoms with Gasteiger partial charge in [-0.15, -0.1) is 10.2 Å². The van der Waals surface area contributed by atoms with Gasteiger partial charge in [0.1, 0.15) is 0 Å². The summed E-state index contributed by atoms with van der Waals surface area (Å²) in [6, 6.07) is 22.0. The van der Waals surface area contributed by atoms with E-state index in [0.29, 0.717) is 17.9 Å². The lowest BCUT2D eigenvalue weighted by molar-refractivity contribution is 0.662. The minimum Gasteiger partial charge on any atom is -0.308 e. The van der Waals surface area contributed by atoms with Gasteiger partial charge in [0, 0.05) is 16.8 Å². The van der Waals surface area contributed by atoms with Crippen molar-refractivity contribution in [2.75, 3.05) is 0 Å². The first-order chi connectivity index (χ1) is 15.7. The molecule has 7 heteroatoms. The number of aromatic amines is 1. The van der Waals surface area contributed by atoms with Crippen LogP contribution in [0.5, 0.6) is 0 Å². The van der Waals surface area contributed by atoms with Crippen molar-refractivity contribution in [3.05, 3.63) is 87.8 Å². The summed E-state index contributed by atoms with van der Waals surface area (Å²) in [5, 5.41) is 23.4. The molecule has 0 bridgehead atoms. The minimum atomic E-state index is -0.0771. The molecule has 0 amide bonds. The quantitative estimate of drug-likeness (QED) is 0.458. The van der Waals surface area contributed by atoms with Crippen molar-refractivity contribution >= 4 is 0 Å². The predicted molar refractivity (Wildman–Crippen MR) is 123 cm³/mol. The van der Waals surface area contributed by atoms with Gasteiger partial charge in [-0.25, -0.2) is 0 Å². The largest absolute Gasteiger partial charge is 0.308 e. The van der Waals surface area contributed by atoms with E-state index < -0.39 is 0 Å². The number of benzene rings is 2. The van der Waals surface area contributed by atoms with Crippen LogP contribution in [-0.4, -0.2) is 25.2 Å². The van der Waals surface area contributed by atoms with E-state index >= 15 is 0 Å². The smallest absolute Gasteiger partial charge is 0.255 e. The van der Waals surface area contributed by atoms with Crippen LogP contribution in [0.4, 0.5) is 0 Å². The lowest BCUT2D eigenvalue weighted by atomic mass is 9.98. The second-order valence-corrected chi connectivity index (χ2v) is 7.66. The average molecular weight is 425 g/mol. The highest BCUT2D eigenvalue weighted by atomic mass is 16.1. The van der Waals surface area contributed by atoms with Crippen LogP contribution in [0.3, 0.4) is 0 Å². The van der Waals surface area contributed by atoms with Gasteiger partial charge in [0.15, 0.2) is 0 Å². The zero-order chi connectivity index (χ0) is 22.3. The number of tetrazole rings is 1. The van der Waals surface area contributed by atoms with Gasteiger partial charge in [-0.1, -0.05) is 67.9 Å². The fourth-order valence-electron chi connectivity index (χ4n) is 3.81. The molecule has 0 aliphatic carbocycles. The number of pyridine rings is 1. The monoisotopic (exact) mass is 424 g/mol. The Balaban J connectivity index is 1.65. The lowest BCUT2D eigenvalue weighted by Crippen LogP contribution is -2.27. The Labute approximate surface area is 186 Å². The van der Waals surface area contributed by atoms with Gasteiger partial charge in [-0.05, 0) is 40.8 Å². The van der Waals surface area contributed by atoms with Crippen LogP contribution in [0.15, 0.2) is 65.5 Å². The number of hydrogen-bond donors (Lipinski definition) is 1. The maximum absolute atomic E-state index is 13.0. The molecule has 4 aromatic rings. The summed E-state index contributed by atoms with van der Waals surface area (Å²) in [7, 11) is 0. The van der Waals surface area contributed by atoms with Crippen LogP contribution in [0.2, 0.25) is 0 Å². The highest BCUT2D eigenvalue weighted by Crippen LogP contribution is 2.29. The van der Waals surface area contributed by atoms with Crippen molar-refractivity contribution in [2.24, 2.45) is 0 Å². The summed E-state index contributed by atoms with van der Waals surface area (Å²) in [6.07, 6.45) is 3.04. The van der Waals surface area contributed by atoms with Crippen molar-refractivity contribution in [1.82, 2.24) is 25.2 Å². The summed E-state index contributed by atoms with van der Waals surface area (Å²) >= 11 is 0. The Morgan fingerprint density at radius 3 is 2.50 bits per heavy atom. The molecule has 0 aliphatic rings. The Bertz CT molecular complexity index is 1280. The van der Waals surface area contributed by atoms with Gasteiger partial charge in [0.2, 0.25) is 5.82 Å². The molecule has 0 saturated carbocycles. The first-order valence-electron chi connectivity index (χ1n) is 10.7. The molecule has 7 nitrogen and oxygen atoms in total. The number of aromatic nitrogens is 5. The molecule has 2 aromatic heterocycles. The van der Waals surface area contributed by atoms with E-state index in [4.69, 9.17) is 5.26 Å². The molecule has 0 fully saturated rings. The summed E-state index contributed by atoms with van der Waals surface area (Å²) in [5.41, 5.74) is 5.44. The molecule has 0 radical (unpaired) electrons. The van der Waals surface area contributed by atoms with Gasteiger partial charge in [-0.2, -0.15) is 10.5 Å². The summed E-state index contributed by atoms with van der Waals surface area (Å²) in [5.74, 6) is 0.547. The Morgan fingerprint density at radius 2 is 1.81 bits per heavy atom. The molecule has 2 heterocycles. The second-order valence-electron chi connectivity index (χ2n) is 7.66. The van der Waals surface area contributed by atoms with Crippen LogP contribution in [0.1, 0.15) is 36.6 Å². The third-order valence-corrected chi connectivity index (χ3v) is 5.52. The zero-order valence-corrected chi connectivity index (χ0v) is 18.0. The Morgan fingerprint density at radius 1 is 1.03 bits per heavy atom. The molecule has 2 aromatic carbocycles. The lowest BCUT2D eigenvalue weighted by Gasteiger charge is -2.15. The predicted octanol–water partition coefficient (Wildman–Crippen LogP) is 4.15. The molecular formula is C25H24N6O. The van der Waals surface area contributed by atoms with Crippen LogP contribution >= 0.6 is 0 Å². The van der Waals surface area contributed by atoms with E-state index in [2.05, 4.69) is 33.6 Å². The molecule has 1 N–H and O–H groups in total. The van der Waals surface area contributed by atoms with Crippen molar-refractivity contribution < 1.29 is 0 Å². The van der Waals surface area contributed by atoms with E-state index in [1.807, 2.05) is 59.2 Å². The Hall–Kier alpha value is -4.05. The fraction of sp³-hybridized carbons (Fsp3) is 0.240. The molecule has 160 valence electrons. The number of nitrogens with one attached hydrogen (secondary N) is 1. The van der Waals surface area contributed by atoms with E-state index in [0.717, 1.165) is 47.2 Å². The van der Waals surface area contributed by atoms with Crippen molar-refractivity contribution in [1.29, 1.82) is 5.26 Å². The Kier molecular flexibility index (Phi) is 6.52. The van der Waals surface area contributed by atoms with Crippen molar-refractivity contribution in [2.45, 2.75) is 39.2 Å². The number of H-pyrrole nitrogens is 1. The minimum absolute atomic E-state index is 0.0771. The van der Waals surface area contributed by atoms with Gasteiger partial charge >= 0.3 is 0 Å². The maximum Gasteiger partial charge on any atom is 0.255 e. The highest BCUT2D eigenvalue weighted by molar-refractivity contribution is 5.80. The molecule has 0 saturated heterocycles. The molecular weight excluding hydrogens is 400 g/mol. The van der Waals surface area contributed by atoms with Crippen LogP contribution in [0.25, 0.3) is 22.5 Å². The first kappa shape index (κ1) is 21.2. The third-order valence-electron chi connectivity index (χ3n) is 5.52. The van der Waals surface area contributed by atoms with E-state index in [1.165, 1.54) is 0 Å². The van der Waals surface area contributed by atoms with Crippen LogP contribution in [-0.2, 0) is 19.4 Å². The molecule has 4 rings (SSSR count). The summed E-state index contributed by atoms with van der Waals surface area (Å²) in [6.45, 7) is 2.61. The average Bonchev–Trinajstić information content (AvgIpc) is 3.36. The number of nitrogens with zero attached hydrogens (tertiary/aromatic N) is 5. The van der Waals surface area contributed by atoms with Gasteiger partial charge in [-0.3, -0.25) is 4.79 Å². The van der Waals surface area contributed by atoms with E-state index in [1.54, 1.807) is 6.07 Å². The number of nitriles is 1. The van der Waals surface area contributed by atoms with Gasteiger partial charge in [0.05, 0.1) is 19.0 Å². The number of rotatable bonds is 8. The normalized spacial score (nSPS) is 10.8. The van der Waals surface area contributed by atoms with Gasteiger partial charge in [0.25, 0.3) is 5.56 Å². The van der Waals surface area contributed by atoms with Crippen LogP contribution in [0, 0.1) is 11.3 Å². The van der Waals surface area contributed by atoms with E-state index in [-0.39, 0.29) is 12.0 Å². The summed E-state index contributed by atoms with van der Waals surface area (Å²) in [4.78, 5) is 13.0. The number of aryl methyl sites for hydroxylation is 1. The van der Waals surface area contributed by atoms with Gasteiger partial charge < -0.3 is 4.57 Å². The molecule has 32 heavy (non-hydrogen) atoms. The number of unbranched alkanes of at least 4 members (excludes halogenated alkanes) is 1. The SMILES string of the molecule is CCCCc1ccc(CC#N)c(=O)n1Cc1ccc(-c2ccccc2-c2nn[nH]n2)cc1. The van der Waals surface area contributed by atoms with E-state index in [9.17, 15) is 4.79 Å². The fourth-order valence-corrected chi connectivity index (χ4v) is 3.81. The first-order valence-corrected chi connectivity index (χ1v) is 10.7. The second kappa shape index (κ2) is 9.84. The molecule has 0 aliphatic heterocycles. The maximum atomic E-state index is 13.0. The zero-order valence-electron chi connectivity index (χ0n) is 18.0. The van der Waals surface area contributed by atoms with Crippen molar-refractivity contribution in [3.8, 4) is 28.6 Å². The topological polar surface area (TPSA) is 100 Å². The molecule has 0 unspecified atom stereocenters.